The highest BCUT2D eigenvalue weighted by Crippen LogP contribution is 2.57. The summed E-state index contributed by atoms with van der Waals surface area (Å²) in [5.41, 5.74) is -4.21. The van der Waals surface area contributed by atoms with Gasteiger partial charge in [-0.3, -0.25) is 19.2 Å². The molecule has 11 atom stereocenters. The molecule has 4 aliphatic rings. The molecule has 0 saturated carbocycles. The van der Waals surface area contributed by atoms with E-state index in [4.69, 9.17) is 24.1 Å². The number of aryl methyl sites for hydroxylation is 1. The van der Waals surface area contributed by atoms with Crippen LogP contribution in [0.4, 0.5) is 0 Å². The Morgan fingerprint density at radius 1 is 0.772 bits per heavy atom. The summed E-state index contributed by atoms with van der Waals surface area (Å²) in [4.78, 5) is 52.8. The molecule has 2 saturated heterocycles. The van der Waals surface area contributed by atoms with E-state index in [2.05, 4.69) is 5.32 Å². The number of nitrogens with one attached hydrogen (secondary N) is 1. The zero-order valence-corrected chi connectivity index (χ0v) is 29.8. The average Bonchev–Trinajstić information content (AvgIpc) is 3.15. The van der Waals surface area contributed by atoms with Crippen molar-refractivity contribution in [2.45, 2.75) is 81.4 Å². The highest BCUT2D eigenvalue weighted by molar-refractivity contribution is 6.31. The van der Waals surface area contributed by atoms with Crippen LogP contribution in [0.2, 0.25) is 0 Å². The molecule has 1 amide bonds. The van der Waals surface area contributed by atoms with Crippen LogP contribution < -0.4 is 10.1 Å². The standard InChI is InChI=1S/C37H37NO19/c1-9-3-15-22(29(48)19(9)35(53)38-7-18(41)42)21-13(27(46)34(15)57-37-33(52)31(50)24(43)10(2)55-37)6-14-23(30(21)49)26(45)12-4-11(5-16(39)20(12)25(14)44)56-36-32(51)28(47)17(40)8-54-36/h3-6,10,17,24,27-28,31-34,36-37,39-40,43,46-52H,7-8H2,1-2H3,(H,38,53)(H,41,42)/t10-,17+,24+,27+,28-,31+,32+,33-,34+,36-,37+/m1/s1. The fourth-order valence-corrected chi connectivity index (χ4v) is 7.56. The Morgan fingerprint density at radius 2 is 1.40 bits per heavy atom. The molecule has 0 spiro atoms. The van der Waals surface area contributed by atoms with Gasteiger partial charge in [0.1, 0.15) is 78.4 Å². The van der Waals surface area contributed by atoms with Crippen molar-refractivity contribution in [1.82, 2.24) is 5.32 Å². The van der Waals surface area contributed by atoms with Crippen LogP contribution in [0.1, 0.15) is 78.0 Å². The lowest BCUT2D eigenvalue weighted by atomic mass is 9.74. The number of amides is 1. The second kappa shape index (κ2) is 14.6. The minimum Gasteiger partial charge on any atom is -0.507 e. The van der Waals surface area contributed by atoms with Crippen molar-refractivity contribution < 1.29 is 94.3 Å². The number of aliphatic carboxylic acids is 1. The zero-order chi connectivity index (χ0) is 41.5. The van der Waals surface area contributed by atoms with Crippen LogP contribution in [0.5, 0.6) is 23.0 Å². The molecule has 3 aromatic rings. The molecular formula is C37H37NO19. The van der Waals surface area contributed by atoms with Crippen molar-refractivity contribution in [3.63, 3.8) is 0 Å². The Morgan fingerprint density at radius 3 is 2.09 bits per heavy atom. The summed E-state index contributed by atoms with van der Waals surface area (Å²) in [7, 11) is 0. The number of ether oxygens (including phenoxy) is 4. The fraction of sp³-hybridized carbons (Fsp3) is 0.405. The molecule has 2 aliphatic heterocycles. The van der Waals surface area contributed by atoms with Gasteiger partial charge in [-0.05, 0) is 42.7 Å². The maximum atomic E-state index is 14.2. The normalized spacial score (nSPS) is 30.4. The Kier molecular flexibility index (Phi) is 10.2. The van der Waals surface area contributed by atoms with Crippen molar-refractivity contribution in [1.29, 1.82) is 0 Å². The zero-order valence-electron chi connectivity index (χ0n) is 29.8. The van der Waals surface area contributed by atoms with Crippen LogP contribution in [0.15, 0.2) is 24.3 Å². The number of carboxylic acids is 1. The minimum atomic E-state index is -1.92. The second-order valence-corrected chi connectivity index (χ2v) is 14.1. The first-order valence-electron chi connectivity index (χ1n) is 17.4. The Labute approximate surface area is 320 Å². The molecule has 57 heavy (non-hydrogen) atoms. The molecular weight excluding hydrogens is 762 g/mol. The van der Waals surface area contributed by atoms with Gasteiger partial charge in [-0.25, -0.2) is 0 Å². The first-order chi connectivity index (χ1) is 26.8. The molecule has 12 N–H and O–H groups in total. The summed E-state index contributed by atoms with van der Waals surface area (Å²) in [6.45, 7) is 1.41. The smallest absolute Gasteiger partial charge is 0.322 e. The second-order valence-electron chi connectivity index (χ2n) is 14.1. The van der Waals surface area contributed by atoms with Crippen molar-refractivity contribution >= 4 is 23.4 Å². The van der Waals surface area contributed by atoms with E-state index in [9.17, 15) is 70.2 Å². The van der Waals surface area contributed by atoms with E-state index < -0.39 is 160 Å². The largest absolute Gasteiger partial charge is 0.507 e. The molecule has 7 rings (SSSR count). The van der Waals surface area contributed by atoms with E-state index in [-0.39, 0.29) is 22.4 Å². The molecule has 2 heterocycles. The van der Waals surface area contributed by atoms with Crippen molar-refractivity contribution in [2.75, 3.05) is 13.2 Å². The molecule has 304 valence electrons. The van der Waals surface area contributed by atoms with Gasteiger partial charge in [0.05, 0.1) is 29.4 Å². The lowest BCUT2D eigenvalue weighted by molar-refractivity contribution is -0.312. The SMILES string of the molecule is Cc1cc2c(c(O)c1C(=O)NCC(=O)O)-c1c(cc3c(c1O)C(=O)c1cc(O[C@H]4OC[C@H](O)[C@@H](O)[C@@H]4O)cc(O)c1C3=O)[C@H](O)[C@H]2O[C@@H]1O[C@H](C)[C@H](O)[C@H](O)[C@H]1O. The predicted molar refractivity (Wildman–Crippen MR) is 184 cm³/mol. The van der Waals surface area contributed by atoms with Crippen LogP contribution in [-0.2, 0) is 19.0 Å². The van der Waals surface area contributed by atoms with E-state index in [1.165, 1.54) is 19.9 Å². The number of phenols is 3. The van der Waals surface area contributed by atoms with Gasteiger partial charge in [-0.1, -0.05) is 6.07 Å². The highest BCUT2D eigenvalue weighted by atomic mass is 16.7. The molecule has 3 aromatic carbocycles. The van der Waals surface area contributed by atoms with E-state index >= 15 is 0 Å². The molecule has 20 nitrogen and oxygen atoms in total. The van der Waals surface area contributed by atoms with Gasteiger partial charge >= 0.3 is 5.97 Å². The van der Waals surface area contributed by atoms with E-state index in [1.807, 2.05) is 0 Å². The third kappa shape index (κ3) is 6.45. The number of aliphatic hydroxyl groups excluding tert-OH is 7. The number of hydrogen-bond acceptors (Lipinski definition) is 18. The fourth-order valence-electron chi connectivity index (χ4n) is 7.56. The summed E-state index contributed by atoms with van der Waals surface area (Å²) in [6.07, 6.45) is -18.1. The van der Waals surface area contributed by atoms with Gasteiger partial charge < -0.3 is 80.4 Å². The van der Waals surface area contributed by atoms with Crippen molar-refractivity contribution in [3.05, 3.63) is 68.8 Å². The molecule has 0 radical (unpaired) electrons. The predicted octanol–water partition coefficient (Wildman–Crippen LogP) is -1.88. The molecule has 0 aromatic heterocycles. The first-order valence-corrected chi connectivity index (χ1v) is 17.4. The van der Waals surface area contributed by atoms with Crippen LogP contribution in [0, 0.1) is 6.92 Å². The number of carboxylic acid groups (broad SMARTS) is 1. The van der Waals surface area contributed by atoms with Gasteiger partial charge in [0, 0.05) is 28.3 Å². The van der Waals surface area contributed by atoms with Gasteiger partial charge in [0.2, 0.25) is 6.29 Å². The molecule has 0 unspecified atom stereocenters. The third-order valence-corrected chi connectivity index (χ3v) is 10.5. The van der Waals surface area contributed by atoms with E-state index in [0.29, 0.717) is 0 Å². The number of carbonyl (C=O) groups is 4. The van der Waals surface area contributed by atoms with Crippen LogP contribution in [0.3, 0.4) is 0 Å². The van der Waals surface area contributed by atoms with Crippen molar-refractivity contribution in [3.8, 4) is 34.1 Å². The first kappa shape index (κ1) is 40.0. The lowest BCUT2D eigenvalue weighted by Crippen LogP contribution is -2.57. The number of carbonyl (C=O) groups excluding carboxylic acids is 3. The number of hydrogen-bond donors (Lipinski definition) is 12. The van der Waals surface area contributed by atoms with E-state index in [1.54, 1.807) is 0 Å². The Balaban J connectivity index is 1.37. The molecule has 0 bridgehead atoms. The molecule has 2 fully saturated rings. The number of benzene rings is 3. The lowest BCUT2D eigenvalue weighted by Gasteiger charge is -2.42. The highest BCUT2D eigenvalue weighted by Gasteiger charge is 2.48. The summed E-state index contributed by atoms with van der Waals surface area (Å²) in [5, 5.41) is 120. The van der Waals surface area contributed by atoms with Crippen LogP contribution >= 0.6 is 0 Å². The maximum absolute atomic E-state index is 14.2. The van der Waals surface area contributed by atoms with Crippen molar-refractivity contribution in [2.24, 2.45) is 0 Å². The summed E-state index contributed by atoms with van der Waals surface area (Å²) < 4.78 is 22.3. The minimum absolute atomic E-state index is 0.00190. The number of ketones is 2. The van der Waals surface area contributed by atoms with Gasteiger partial charge in [0.15, 0.2) is 17.9 Å². The number of aliphatic hydroxyl groups is 7. The number of fused-ring (bicyclic) bond motifs is 5. The topological polar surface area (TPSA) is 340 Å². The Hall–Kier alpha value is -5.26. The third-order valence-electron chi connectivity index (χ3n) is 10.5. The Bertz CT molecular complexity index is 2210. The van der Waals surface area contributed by atoms with Gasteiger partial charge in [-0.2, -0.15) is 0 Å². The average molecular weight is 800 g/mol. The van der Waals surface area contributed by atoms with Crippen LogP contribution in [-0.4, -0.2) is 148 Å². The summed E-state index contributed by atoms with van der Waals surface area (Å²) in [5.74, 6) is -7.63. The molecule has 2 aliphatic carbocycles. The number of aromatic hydroxyl groups is 3. The van der Waals surface area contributed by atoms with E-state index in [0.717, 1.165) is 18.2 Å². The maximum Gasteiger partial charge on any atom is 0.322 e. The van der Waals surface area contributed by atoms with Gasteiger partial charge in [-0.15, -0.1) is 0 Å². The van der Waals surface area contributed by atoms with Crippen LogP contribution in [0.25, 0.3) is 11.1 Å². The quantitative estimate of drug-likeness (QED) is 0.0973. The van der Waals surface area contributed by atoms with Gasteiger partial charge in [0.25, 0.3) is 5.91 Å². The number of phenolic OH excluding ortho intramolecular Hbond substituents is 3. The monoisotopic (exact) mass is 799 g/mol. The number of rotatable bonds is 7. The summed E-state index contributed by atoms with van der Waals surface area (Å²) >= 11 is 0. The summed E-state index contributed by atoms with van der Waals surface area (Å²) in [6, 6.07) is 4.13. The molecule has 20 heteroatoms.